The third kappa shape index (κ3) is 3.33. The van der Waals surface area contributed by atoms with Gasteiger partial charge in [-0.2, -0.15) is 0 Å². The molecule has 21 heavy (non-hydrogen) atoms. The predicted octanol–water partition coefficient (Wildman–Crippen LogP) is 2.56. The Morgan fingerprint density at radius 2 is 2.14 bits per heavy atom. The van der Waals surface area contributed by atoms with Gasteiger partial charge in [-0.3, -0.25) is 4.90 Å². The first-order valence-electron chi connectivity index (χ1n) is 7.32. The van der Waals surface area contributed by atoms with Gasteiger partial charge in [-0.25, -0.2) is 0 Å². The minimum absolute atomic E-state index is 0.330. The van der Waals surface area contributed by atoms with Crippen LogP contribution in [0.15, 0.2) is 14.9 Å². The monoisotopic (exact) mass is 291 g/mol. The highest BCUT2D eigenvalue weighted by Gasteiger charge is 2.19. The molecule has 0 aromatic carbocycles. The van der Waals surface area contributed by atoms with Crippen molar-refractivity contribution in [2.24, 2.45) is 0 Å². The lowest BCUT2D eigenvalue weighted by Crippen LogP contribution is -2.28. The summed E-state index contributed by atoms with van der Waals surface area (Å²) in [6, 6.07) is 1.92. The third-order valence-electron chi connectivity index (χ3n) is 3.68. The number of hydrogen-bond donors (Lipinski definition) is 0. The number of nitrogens with zero attached hydrogens (tertiary/aromatic N) is 3. The second-order valence-electron chi connectivity index (χ2n) is 5.66. The Morgan fingerprint density at radius 3 is 2.81 bits per heavy atom. The number of ether oxygens (including phenoxy) is 1. The highest BCUT2D eigenvalue weighted by Crippen LogP contribution is 2.25. The molecule has 1 fully saturated rings. The molecule has 1 unspecified atom stereocenters. The summed E-state index contributed by atoms with van der Waals surface area (Å²) < 4.78 is 16.9. The summed E-state index contributed by atoms with van der Waals surface area (Å²) >= 11 is 0. The van der Waals surface area contributed by atoms with Gasteiger partial charge < -0.3 is 13.6 Å². The molecular weight excluding hydrogens is 270 g/mol. The lowest BCUT2D eigenvalue weighted by atomic mass is 10.2. The van der Waals surface area contributed by atoms with Crippen molar-refractivity contribution in [1.82, 2.24) is 15.1 Å². The number of rotatable bonds is 5. The topological polar surface area (TPSA) is 64.5 Å². The van der Waals surface area contributed by atoms with Crippen LogP contribution in [0.3, 0.4) is 0 Å². The van der Waals surface area contributed by atoms with Crippen molar-refractivity contribution in [3.05, 3.63) is 23.5 Å². The smallest absolute Gasteiger partial charge is 0.251 e. The van der Waals surface area contributed by atoms with Crippen molar-refractivity contribution in [3.8, 4) is 11.5 Å². The third-order valence-corrected chi connectivity index (χ3v) is 3.68. The maximum atomic E-state index is 5.73. The molecule has 0 N–H and O–H groups in total. The first-order valence-corrected chi connectivity index (χ1v) is 7.32. The van der Waals surface area contributed by atoms with Crippen LogP contribution in [0.25, 0.3) is 11.5 Å². The molecule has 3 heterocycles. The summed E-state index contributed by atoms with van der Waals surface area (Å²) in [6.45, 7) is 6.20. The molecule has 0 spiro atoms. The number of likely N-dealkylation sites (N-methyl/N-ethyl adjacent to an activating group) is 1. The number of furan rings is 1. The second-order valence-corrected chi connectivity index (χ2v) is 5.66. The summed E-state index contributed by atoms with van der Waals surface area (Å²) in [6.07, 6.45) is 2.62. The Bertz CT molecular complexity index is 599. The summed E-state index contributed by atoms with van der Waals surface area (Å²) in [5.41, 5.74) is 0.869. The standard InChI is InChI=1S/C15H21N3O3/c1-10-7-13(11(2)20-10)15-17-16-14(21-15)9-18(3)8-12-5-4-6-19-12/h7,12H,4-6,8-9H2,1-3H3. The lowest BCUT2D eigenvalue weighted by Gasteiger charge is -2.18. The maximum Gasteiger partial charge on any atom is 0.251 e. The molecular formula is C15H21N3O3. The Morgan fingerprint density at radius 1 is 1.29 bits per heavy atom. The number of aromatic nitrogens is 2. The van der Waals surface area contributed by atoms with E-state index in [1.54, 1.807) is 0 Å². The maximum absolute atomic E-state index is 5.73. The van der Waals surface area contributed by atoms with Crippen molar-refractivity contribution in [2.45, 2.75) is 39.3 Å². The molecule has 114 valence electrons. The molecule has 0 radical (unpaired) electrons. The average Bonchev–Trinajstić information content (AvgIpc) is 3.12. The van der Waals surface area contributed by atoms with Gasteiger partial charge in [0.2, 0.25) is 5.89 Å². The Balaban J connectivity index is 1.63. The van der Waals surface area contributed by atoms with Gasteiger partial charge in [0.15, 0.2) is 0 Å². The van der Waals surface area contributed by atoms with E-state index in [0.29, 0.717) is 24.4 Å². The van der Waals surface area contributed by atoms with Gasteiger partial charge in [-0.05, 0) is 39.8 Å². The van der Waals surface area contributed by atoms with Gasteiger partial charge in [0.25, 0.3) is 5.89 Å². The molecule has 2 aromatic rings. The van der Waals surface area contributed by atoms with Crippen LogP contribution < -0.4 is 0 Å². The predicted molar refractivity (Wildman–Crippen MR) is 76.8 cm³/mol. The van der Waals surface area contributed by atoms with E-state index >= 15 is 0 Å². The number of hydrogen-bond acceptors (Lipinski definition) is 6. The molecule has 3 rings (SSSR count). The van der Waals surface area contributed by atoms with Crippen LogP contribution in [0.5, 0.6) is 0 Å². The first-order chi connectivity index (χ1) is 10.1. The van der Waals surface area contributed by atoms with Crippen molar-refractivity contribution in [2.75, 3.05) is 20.2 Å². The van der Waals surface area contributed by atoms with E-state index in [-0.39, 0.29) is 0 Å². The molecule has 1 aliphatic rings. The fraction of sp³-hybridized carbons (Fsp3) is 0.600. The van der Waals surface area contributed by atoms with Crippen LogP contribution in [0, 0.1) is 13.8 Å². The van der Waals surface area contributed by atoms with Gasteiger partial charge in [-0.1, -0.05) is 0 Å². The van der Waals surface area contributed by atoms with E-state index in [1.807, 2.05) is 27.0 Å². The van der Waals surface area contributed by atoms with Crippen molar-refractivity contribution in [3.63, 3.8) is 0 Å². The van der Waals surface area contributed by atoms with Crippen LogP contribution in [0.1, 0.15) is 30.3 Å². The molecule has 1 saturated heterocycles. The van der Waals surface area contributed by atoms with Crippen molar-refractivity contribution >= 4 is 0 Å². The van der Waals surface area contributed by atoms with Crippen molar-refractivity contribution < 1.29 is 13.6 Å². The molecule has 0 bridgehead atoms. The second kappa shape index (κ2) is 5.99. The summed E-state index contributed by atoms with van der Waals surface area (Å²) in [5.74, 6) is 2.78. The van der Waals surface area contributed by atoms with E-state index in [0.717, 1.165) is 43.1 Å². The Hall–Kier alpha value is -1.66. The summed E-state index contributed by atoms with van der Waals surface area (Å²) in [5, 5.41) is 8.23. The fourth-order valence-corrected chi connectivity index (χ4v) is 2.70. The lowest BCUT2D eigenvalue weighted by molar-refractivity contribution is 0.0770. The van der Waals surface area contributed by atoms with Gasteiger partial charge >= 0.3 is 0 Å². The van der Waals surface area contributed by atoms with Crippen LogP contribution in [0.4, 0.5) is 0 Å². The molecule has 0 aliphatic carbocycles. The largest absolute Gasteiger partial charge is 0.466 e. The van der Waals surface area contributed by atoms with Crippen LogP contribution >= 0.6 is 0 Å². The number of aryl methyl sites for hydroxylation is 2. The zero-order valence-electron chi connectivity index (χ0n) is 12.8. The van der Waals surface area contributed by atoms with Gasteiger partial charge in [0.05, 0.1) is 18.2 Å². The minimum Gasteiger partial charge on any atom is -0.466 e. The van der Waals surface area contributed by atoms with Gasteiger partial charge in [0, 0.05) is 13.2 Å². The quantitative estimate of drug-likeness (QED) is 0.843. The van der Waals surface area contributed by atoms with Crippen LogP contribution in [-0.4, -0.2) is 41.4 Å². The van der Waals surface area contributed by atoms with Crippen molar-refractivity contribution in [1.29, 1.82) is 0 Å². The molecule has 6 nitrogen and oxygen atoms in total. The van der Waals surface area contributed by atoms with Crippen LogP contribution in [-0.2, 0) is 11.3 Å². The SMILES string of the molecule is Cc1cc(-c2nnc(CN(C)CC3CCCO3)o2)c(C)o1. The highest BCUT2D eigenvalue weighted by molar-refractivity contribution is 5.55. The molecule has 6 heteroatoms. The normalized spacial score (nSPS) is 18.8. The molecule has 2 aromatic heterocycles. The Labute approximate surface area is 124 Å². The minimum atomic E-state index is 0.330. The fourth-order valence-electron chi connectivity index (χ4n) is 2.70. The van der Waals surface area contributed by atoms with E-state index in [2.05, 4.69) is 15.1 Å². The Kier molecular flexibility index (Phi) is 4.07. The molecule has 1 aliphatic heterocycles. The summed E-state index contributed by atoms with van der Waals surface area (Å²) in [4.78, 5) is 2.15. The molecule has 1 atom stereocenters. The van der Waals surface area contributed by atoms with Gasteiger partial charge in [-0.15, -0.1) is 10.2 Å². The van der Waals surface area contributed by atoms with E-state index in [9.17, 15) is 0 Å². The van der Waals surface area contributed by atoms with E-state index < -0.39 is 0 Å². The van der Waals surface area contributed by atoms with E-state index in [1.165, 1.54) is 0 Å². The zero-order valence-corrected chi connectivity index (χ0v) is 12.8. The van der Waals surface area contributed by atoms with Gasteiger partial charge in [0.1, 0.15) is 11.5 Å². The molecule has 0 saturated carbocycles. The van der Waals surface area contributed by atoms with Crippen LogP contribution in [0.2, 0.25) is 0 Å². The summed E-state index contributed by atoms with van der Waals surface area (Å²) in [7, 11) is 2.04. The first kappa shape index (κ1) is 14.3. The van der Waals surface area contributed by atoms with E-state index in [4.69, 9.17) is 13.6 Å². The average molecular weight is 291 g/mol. The molecule has 0 amide bonds. The highest BCUT2D eigenvalue weighted by atomic mass is 16.5. The zero-order chi connectivity index (χ0) is 14.8.